The van der Waals surface area contributed by atoms with Gasteiger partial charge < -0.3 is 40.1 Å². The van der Waals surface area contributed by atoms with Crippen molar-refractivity contribution in [3.05, 3.63) is 64.2 Å². The van der Waals surface area contributed by atoms with Crippen LogP contribution in [0.5, 0.6) is 5.75 Å². The first-order valence-corrected chi connectivity index (χ1v) is 10.8. The Hall–Kier alpha value is -1.75. The Labute approximate surface area is 207 Å². The average molecular weight is 503 g/mol. The minimum absolute atomic E-state index is 0. The predicted molar refractivity (Wildman–Crippen MR) is 132 cm³/mol. The molecule has 0 saturated carbocycles. The summed E-state index contributed by atoms with van der Waals surface area (Å²) < 4.78 is 11.1. The number of aliphatic hydroxyl groups excluding tert-OH is 6. The van der Waals surface area contributed by atoms with Gasteiger partial charge in [0.05, 0.1) is 26.4 Å². The van der Waals surface area contributed by atoms with E-state index in [9.17, 15) is 20.4 Å². The van der Waals surface area contributed by atoms with Gasteiger partial charge in [-0.15, -0.1) is 0 Å². The SMILES string of the molecule is C.C.CCOc1ccc(Cc2cc([C@@H]3O[C@H](CO)[C@@H](O)[C@H](O)[C@H]3O)ccc2Cl)cc1.OCCO. The standard InChI is InChI=1S/C21H25ClO6.C2H6O2.2CH4/c1-2-27-15-6-3-12(4-7-15)9-14-10-13(5-8-16(14)22)21-20(26)19(25)18(24)17(11-23)28-21;3-1-2-4;;/h3-8,10,17-21,23-26H,2,9,11H2,1H3;3-4H,1-2H2;2*1H4/t17-,18-,19+,20-,21+;;;/m1.../s1. The molecule has 0 aromatic heterocycles. The lowest BCUT2D eigenvalue weighted by molar-refractivity contribution is -0.231. The van der Waals surface area contributed by atoms with Crippen LogP contribution in [0.25, 0.3) is 0 Å². The first-order chi connectivity index (χ1) is 15.4. The maximum absolute atomic E-state index is 10.3. The Morgan fingerprint density at radius 1 is 0.882 bits per heavy atom. The van der Waals surface area contributed by atoms with Crippen LogP contribution in [-0.2, 0) is 11.2 Å². The molecule has 0 aliphatic carbocycles. The second-order valence-electron chi connectivity index (χ2n) is 7.30. The second-order valence-corrected chi connectivity index (χ2v) is 7.71. The fraction of sp³-hybridized carbons (Fsp3) is 0.520. The molecular weight excluding hydrogens is 464 g/mol. The van der Waals surface area contributed by atoms with Crippen LogP contribution in [0.4, 0.5) is 0 Å². The Morgan fingerprint density at radius 2 is 1.50 bits per heavy atom. The van der Waals surface area contributed by atoms with Crippen LogP contribution in [0.3, 0.4) is 0 Å². The largest absolute Gasteiger partial charge is 0.494 e. The number of hydrogen-bond donors (Lipinski definition) is 6. The summed E-state index contributed by atoms with van der Waals surface area (Å²) in [6.45, 7) is 1.82. The van der Waals surface area contributed by atoms with Gasteiger partial charge >= 0.3 is 0 Å². The van der Waals surface area contributed by atoms with Gasteiger partial charge in [0.25, 0.3) is 0 Å². The van der Waals surface area contributed by atoms with Gasteiger partial charge in [0.2, 0.25) is 0 Å². The molecule has 2 aromatic rings. The molecule has 1 saturated heterocycles. The van der Waals surface area contributed by atoms with Gasteiger partial charge in [-0.05, 0) is 48.2 Å². The lowest BCUT2D eigenvalue weighted by atomic mass is 9.90. The lowest BCUT2D eigenvalue weighted by Crippen LogP contribution is -2.55. The van der Waals surface area contributed by atoms with E-state index in [-0.39, 0.29) is 28.1 Å². The van der Waals surface area contributed by atoms with Crippen molar-refractivity contribution < 1.29 is 40.1 Å². The minimum atomic E-state index is -1.42. The normalized spacial score (nSPS) is 23.6. The van der Waals surface area contributed by atoms with Crippen LogP contribution >= 0.6 is 11.6 Å². The summed E-state index contributed by atoms with van der Waals surface area (Å²) in [6.07, 6.45) is -5.39. The summed E-state index contributed by atoms with van der Waals surface area (Å²) in [5, 5.41) is 55.5. The smallest absolute Gasteiger partial charge is 0.119 e. The van der Waals surface area contributed by atoms with Gasteiger partial charge in [-0.25, -0.2) is 0 Å². The topological polar surface area (TPSA) is 140 Å². The van der Waals surface area contributed by atoms with Crippen molar-refractivity contribution in [3.63, 3.8) is 0 Å². The molecule has 0 amide bonds. The van der Waals surface area contributed by atoms with Gasteiger partial charge in [0.1, 0.15) is 36.3 Å². The maximum atomic E-state index is 10.3. The molecule has 8 nitrogen and oxygen atoms in total. The van der Waals surface area contributed by atoms with Gasteiger partial charge in [0.15, 0.2) is 0 Å². The molecule has 1 aliphatic rings. The van der Waals surface area contributed by atoms with E-state index in [1.54, 1.807) is 12.1 Å². The van der Waals surface area contributed by atoms with Crippen LogP contribution in [0.1, 0.15) is 44.6 Å². The summed E-state index contributed by atoms with van der Waals surface area (Å²) in [5.41, 5.74) is 2.49. The predicted octanol–water partition coefficient (Wildman–Crippen LogP) is 2.09. The maximum Gasteiger partial charge on any atom is 0.119 e. The number of hydrogen-bond acceptors (Lipinski definition) is 8. The first kappa shape index (κ1) is 32.2. The van der Waals surface area contributed by atoms with Crippen molar-refractivity contribution >= 4 is 11.6 Å². The van der Waals surface area contributed by atoms with Gasteiger partial charge in [0, 0.05) is 5.02 Å². The molecule has 194 valence electrons. The van der Waals surface area contributed by atoms with Crippen LogP contribution in [-0.4, -0.2) is 81.5 Å². The highest BCUT2D eigenvalue weighted by molar-refractivity contribution is 6.31. The molecular formula is C25H39ClO8. The zero-order chi connectivity index (χ0) is 23.7. The van der Waals surface area contributed by atoms with Crippen LogP contribution in [0.15, 0.2) is 42.5 Å². The molecule has 9 heteroatoms. The molecule has 1 fully saturated rings. The molecule has 0 unspecified atom stereocenters. The molecule has 3 rings (SSSR count). The number of ether oxygens (including phenoxy) is 2. The third-order valence-electron chi connectivity index (χ3n) is 5.02. The zero-order valence-corrected chi connectivity index (χ0v) is 18.6. The average Bonchev–Trinajstić information content (AvgIpc) is 2.81. The van der Waals surface area contributed by atoms with Gasteiger partial charge in [-0.1, -0.05) is 50.7 Å². The number of halogens is 1. The van der Waals surface area contributed by atoms with Gasteiger partial charge in [-0.3, -0.25) is 0 Å². The fourth-order valence-electron chi connectivity index (χ4n) is 3.37. The molecule has 5 atom stereocenters. The highest BCUT2D eigenvalue weighted by Crippen LogP contribution is 2.34. The van der Waals surface area contributed by atoms with Crippen LogP contribution < -0.4 is 4.74 Å². The lowest BCUT2D eigenvalue weighted by Gasteiger charge is -2.40. The molecule has 0 bridgehead atoms. The third-order valence-corrected chi connectivity index (χ3v) is 5.39. The molecule has 1 aliphatic heterocycles. The van der Waals surface area contributed by atoms with Crippen molar-refractivity contribution in [3.8, 4) is 5.75 Å². The van der Waals surface area contributed by atoms with Crippen molar-refractivity contribution in [2.24, 2.45) is 0 Å². The van der Waals surface area contributed by atoms with Crippen LogP contribution in [0.2, 0.25) is 5.02 Å². The Balaban J connectivity index is 0.00000168. The molecule has 0 radical (unpaired) electrons. The van der Waals surface area contributed by atoms with Crippen molar-refractivity contribution in [1.82, 2.24) is 0 Å². The highest BCUT2D eigenvalue weighted by Gasteiger charge is 2.44. The zero-order valence-electron chi connectivity index (χ0n) is 17.8. The van der Waals surface area contributed by atoms with E-state index in [0.717, 1.165) is 16.9 Å². The van der Waals surface area contributed by atoms with E-state index in [1.165, 1.54) is 0 Å². The monoisotopic (exact) mass is 502 g/mol. The van der Waals surface area contributed by atoms with Crippen molar-refractivity contribution in [1.29, 1.82) is 0 Å². The summed E-state index contributed by atoms with van der Waals surface area (Å²) in [6, 6.07) is 12.9. The molecule has 2 aromatic carbocycles. The van der Waals surface area contributed by atoms with Gasteiger partial charge in [-0.2, -0.15) is 0 Å². The fourth-order valence-corrected chi connectivity index (χ4v) is 3.56. The second kappa shape index (κ2) is 16.0. The molecule has 6 N–H and O–H groups in total. The van der Waals surface area contributed by atoms with E-state index in [2.05, 4.69) is 0 Å². The molecule has 0 spiro atoms. The summed E-state index contributed by atoms with van der Waals surface area (Å²) in [7, 11) is 0. The third kappa shape index (κ3) is 8.48. The Morgan fingerprint density at radius 3 is 2.03 bits per heavy atom. The summed E-state index contributed by atoms with van der Waals surface area (Å²) >= 11 is 6.35. The summed E-state index contributed by atoms with van der Waals surface area (Å²) in [5.74, 6) is 0.799. The van der Waals surface area contributed by atoms with E-state index < -0.39 is 37.1 Å². The van der Waals surface area contributed by atoms with Crippen molar-refractivity contribution in [2.75, 3.05) is 26.4 Å². The number of rotatable bonds is 7. The minimum Gasteiger partial charge on any atom is -0.494 e. The van der Waals surface area contributed by atoms with Crippen LogP contribution in [0, 0.1) is 0 Å². The first-order valence-electron chi connectivity index (χ1n) is 10.4. The highest BCUT2D eigenvalue weighted by atomic mass is 35.5. The van der Waals surface area contributed by atoms with E-state index in [4.69, 9.17) is 31.3 Å². The number of benzene rings is 2. The van der Waals surface area contributed by atoms with Crippen molar-refractivity contribution in [2.45, 2.75) is 58.7 Å². The Bertz CT molecular complexity index is 813. The van der Waals surface area contributed by atoms with E-state index >= 15 is 0 Å². The molecule has 1 heterocycles. The quantitative estimate of drug-likeness (QED) is 0.338. The van der Waals surface area contributed by atoms with E-state index in [0.29, 0.717) is 23.6 Å². The Kier molecular flexibility index (Phi) is 15.2. The summed E-state index contributed by atoms with van der Waals surface area (Å²) in [4.78, 5) is 0. The van der Waals surface area contributed by atoms with E-state index in [1.807, 2.05) is 37.3 Å². The molecule has 34 heavy (non-hydrogen) atoms. The number of aliphatic hydroxyl groups is 6.